The fraction of sp³-hybridized carbons (Fsp3) is 0.550. The molecule has 0 unspecified atom stereocenters. The van der Waals surface area contributed by atoms with Crippen LogP contribution in [0.2, 0.25) is 0 Å². The summed E-state index contributed by atoms with van der Waals surface area (Å²) in [6, 6.07) is 7.38. The Morgan fingerprint density at radius 1 is 1.36 bits per heavy atom. The molecule has 5 heteroatoms. The van der Waals surface area contributed by atoms with Gasteiger partial charge in [0.05, 0.1) is 0 Å². The molecule has 2 heterocycles. The summed E-state index contributed by atoms with van der Waals surface area (Å²) in [4.78, 5) is 20.2. The van der Waals surface area contributed by atoms with E-state index in [4.69, 9.17) is 0 Å². The first-order valence-corrected chi connectivity index (χ1v) is 9.46. The minimum absolute atomic E-state index is 0.0678. The summed E-state index contributed by atoms with van der Waals surface area (Å²) in [7, 11) is 2.20. The van der Waals surface area contributed by atoms with Crippen LogP contribution in [-0.2, 0) is 6.42 Å². The van der Waals surface area contributed by atoms with Gasteiger partial charge < -0.3 is 20.1 Å². The highest BCUT2D eigenvalue weighted by atomic mass is 16.2. The van der Waals surface area contributed by atoms with Crippen molar-refractivity contribution < 1.29 is 4.79 Å². The molecule has 0 bridgehead atoms. The average molecular weight is 340 g/mol. The van der Waals surface area contributed by atoms with Crippen molar-refractivity contribution in [3.8, 4) is 0 Å². The smallest absolute Gasteiger partial charge is 0.317 e. The molecule has 1 aliphatic carbocycles. The van der Waals surface area contributed by atoms with E-state index < -0.39 is 0 Å². The van der Waals surface area contributed by atoms with Crippen LogP contribution in [0.4, 0.5) is 4.79 Å². The van der Waals surface area contributed by atoms with Gasteiger partial charge >= 0.3 is 6.03 Å². The average Bonchev–Trinajstić information content (AvgIpc) is 3.02. The molecule has 0 saturated carbocycles. The van der Waals surface area contributed by atoms with E-state index in [0.29, 0.717) is 12.0 Å². The first-order valence-electron chi connectivity index (χ1n) is 9.46. The standard InChI is InChI=1S/C20H28N4O/c1-4-24(5-2)20(25)22-14-10-16-15-7-6-8-17-19(15)13(11-21-17)9-18(16)23(3)12-14/h6-8,11,14,16,18,21H,4-5,9-10,12H2,1-3H3,(H,22,25)/t14-,16-,18+/m0/s1. The number of aromatic amines is 1. The number of fused-ring (bicyclic) bond motifs is 2. The molecule has 134 valence electrons. The summed E-state index contributed by atoms with van der Waals surface area (Å²) < 4.78 is 0. The van der Waals surface area contributed by atoms with Crippen LogP contribution >= 0.6 is 0 Å². The van der Waals surface area contributed by atoms with Gasteiger partial charge in [-0.15, -0.1) is 0 Å². The number of carbonyl (C=O) groups excluding carboxylic acids is 1. The van der Waals surface area contributed by atoms with Crippen LogP contribution in [0.15, 0.2) is 24.4 Å². The topological polar surface area (TPSA) is 51.4 Å². The number of benzene rings is 1. The third-order valence-corrected chi connectivity index (χ3v) is 6.10. The van der Waals surface area contributed by atoms with E-state index in [0.717, 1.165) is 32.5 Å². The maximum Gasteiger partial charge on any atom is 0.317 e. The monoisotopic (exact) mass is 340 g/mol. The molecule has 2 aliphatic rings. The molecular weight excluding hydrogens is 312 g/mol. The maximum atomic E-state index is 12.5. The zero-order chi connectivity index (χ0) is 17.6. The number of amides is 2. The number of urea groups is 1. The van der Waals surface area contributed by atoms with Gasteiger partial charge in [0.1, 0.15) is 0 Å². The molecule has 1 aromatic heterocycles. The number of carbonyl (C=O) groups is 1. The van der Waals surface area contributed by atoms with Crippen molar-refractivity contribution in [2.45, 2.75) is 44.7 Å². The van der Waals surface area contributed by atoms with E-state index in [1.54, 1.807) is 0 Å². The maximum absolute atomic E-state index is 12.5. The van der Waals surface area contributed by atoms with Crippen LogP contribution in [0.1, 0.15) is 37.3 Å². The van der Waals surface area contributed by atoms with Gasteiger partial charge in [-0.2, -0.15) is 0 Å². The molecule has 2 N–H and O–H groups in total. The largest absolute Gasteiger partial charge is 0.361 e. The first-order chi connectivity index (χ1) is 12.1. The summed E-state index contributed by atoms with van der Waals surface area (Å²) >= 11 is 0. The van der Waals surface area contributed by atoms with E-state index in [1.807, 2.05) is 18.7 Å². The zero-order valence-electron chi connectivity index (χ0n) is 15.4. The van der Waals surface area contributed by atoms with Crippen LogP contribution in [-0.4, -0.2) is 59.6 Å². The number of rotatable bonds is 3. The van der Waals surface area contributed by atoms with Gasteiger partial charge in [0.25, 0.3) is 0 Å². The molecular formula is C20H28N4O. The molecule has 2 amide bonds. The van der Waals surface area contributed by atoms with Crippen molar-refractivity contribution in [2.24, 2.45) is 0 Å². The van der Waals surface area contributed by atoms with Crippen molar-refractivity contribution in [3.63, 3.8) is 0 Å². The third-order valence-electron chi connectivity index (χ3n) is 6.10. The Morgan fingerprint density at radius 2 is 2.16 bits per heavy atom. The van der Waals surface area contributed by atoms with Crippen molar-refractivity contribution >= 4 is 16.9 Å². The molecule has 4 rings (SSSR count). The molecule has 1 saturated heterocycles. The van der Waals surface area contributed by atoms with Gasteiger partial charge in [-0.25, -0.2) is 4.79 Å². The highest BCUT2D eigenvalue weighted by molar-refractivity contribution is 5.88. The Labute approximate surface area is 149 Å². The summed E-state index contributed by atoms with van der Waals surface area (Å²) in [5.41, 5.74) is 4.12. The van der Waals surface area contributed by atoms with Crippen LogP contribution in [0.25, 0.3) is 10.9 Å². The van der Waals surface area contributed by atoms with Crippen molar-refractivity contribution in [3.05, 3.63) is 35.5 Å². The lowest BCUT2D eigenvalue weighted by atomic mass is 9.74. The molecule has 1 aromatic carbocycles. The van der Waals surface area contributed by atoms with Gasteiger partial charge in [0, 0.05) is 54.7 Å². The van der Waals surface area contributed by atoms with Crippen LogP contribution in [0, 0.1) is 0 Å². The normalized spacial score (nSPS) is 25.6. The van der Waals surface area contributed by atoms with Gasteiger partial charge in [-0.3, -0.25) is 0 Å². The third kappa shape index (κ3) is 2.71. The number of likely N-dealkylation sites (N-methyl/N-ethyl adjacent to an activating group) is 1. The lowest BCUT2D eigenvalue weighted by molar-refractivity contribution is 0.124. The fourth-order valence-corrected chi connectivity index (χ4v) is 4.82. The molecule has 3 atom stereocenters. The number of likely N-dealkylation sites (tertiary alicyclic amines) is 1. The Bertz CT molecular complexity index is 779. The Morgan fingerprint density at radius 3 is 2.92 bits per heavy atom. The highest BCUT2D eigenvalue weighted by Gasteiger charge is 2.39. The zero-order valence-corrected chi connectivity index (χ0v) is 15.4. The van der Waals surface area contributed by atoms with Crippen LogP contribution < -0.4 is 5.32 Å². The second-order valence-electron chi connectivity index (χ2n) is 7.46. The highest BCUT2D eigenvalue weighted by Crippen LogP contribution is 2.42. The predicted octanol–water partition coefficient (Wildman–Crippen LogP) is 2.93. The van der Waals surface area contributed by atoms with Crippen molar-refractivity contribution in [2.75, 3.05) is 26.7 Å². The molecule has 0 spiro atoms. The van der Waals surface area contributed by atoms with E-state index >= 15 is 0 Å². The minimum Gasteiger partial charge on any atom is -0.361 e. The van der Waals surface area contributed by atoms with Gasteiger partial charge in [0.2, 0.25) is 0 Å². The number of nitrogens with one attached hydrogen (secondary N) is 2. The minimum atomic E-state index is 0.0678. The van der Waals surface area contributed by atoms with Gasteiger partial charge in [-0.1, -0.05) is 12.1 Å². The Balaban J connectivity index is 1.60. The summed E-state index contributed by atoms with van der Waals surface area (Å²) in [5, 5.41) is 4.68. The second kappa shape index (κ2) is 6.37. The summed E-state index contributed by atoms with van der Waals surface area (Å²) in [5.74, 6) is 0.479. The number of aromatic nitrogens is 1. The summed E-state index contributed by atoms with van der Waals surface area (Å²) in [6.45, 7) is 6.48. The SMILES string of the molecule is CCN(CC)C(=O)N[C@H]1C[C@H]2c3cccc4[nH]cc(c34)C[C@H]2N(C)C1. The van der Waals surface area contributed by atoms with Crippen molar-refractivity contribution in [1.82, 2.24) is 20.1 Å². The lowest BCUT2D eigenvalue weighted by Gasteiger charge is -2.45. The number of H-pyrrole nitrogens is 1. The number of piperidine rings is 1. The van der Waals surface area contributed by atoms with E-state index in [-0.39, 0.29) is 12.1 Å². The van der Waals surface area contributed by atoms with Crippen LogP contribution in [0.3, 0.4) is 0 Å². The Hall–Kier alpha value is -2.01. The summed E-state index contributed by atoms with van der Waals surface area (Å²) in [6.07, 6.45) is 4.28. The van der Waals surface area contributed by atoms with E-state index in [9.17, 15) is 4.79 Å². The lowest BCUT2D eigenvalue weighted by Crippen LogP contribution is -2.56. The van der Waals surface area contributed by atoms with E-state index in [2.05, 4.69) is 46.6 Å². The van der Waals surface area contributed by atoms with Crippen molar-refractivity contribution in [1.29, 1.82) is 0 Å². The molecule has 1 aliphatic heterocycles. The Kier molecular flexibility index (Phi) is 4.20. The predicted molar refractivity (Wildman–Crippen MR) is 101 cm³/mol. The second-order valence-corrected chi connectivity index (χ2v) is 7.46. The van der Waals surface area contributed by atoms with E-state index in [1.165, 1.54) is 22.0 Å². The number of nitrogens with zero attached hydrogens (tertiary/aromatic N) is 2. The molecule has 2 aromatic rings. The van der Waals surface area contributed by atoms with Crippen LogP contribution in [0.5, 0.6) is 0 Å². The molecule has 5 nitrogen and oxygen atoms in total. The number of hydrogen-bond donors (Lipinski definition) is 2. The first kappa shape index (κ1) is 16.5. The number of hydrogen-bond acceptors (Lipinski definition) is 2. The molecule has 1 fully saturated rings. The molecule has 0 radical (unpaired) electrons. The van der Waals surface area contributed by atoms with Gasteiger partial charge in [-0.05, 0) is 50.9 Å². The fourth-order valence-electron chi connectivity index (χ4n) is 4.82. The quantitative estimate of drug-likeness (QED) is 0.903. The molecule has 25 heavy (non-hydrogen) atoms. The van der Waals surface area contributed by atoms with Gasteiger partial charge in [0.15, 0.2) is 0 Å².